The van der Waals surface area contributed by atoms with E-state index in [0.29, 0.717) is 28.8 Å². The van der Waals surface area contributed by atoms with Crippen LogP contribution in [0.5, 0.6) is 5.75 Å². The Hall–Kier alpha value is -2.77. The fourth-order valence-electron chi connectivity index (χ4n) is 3.09. The molecular formula is C21H20Cl2N2O5. The summed E-state index contributed by atoms with van der Waals surface area (Å²) in [6.07, 6.45) is 0.00389. The van der Waals surface area contributed by atoms with Gasteiger partial charge in [-0.3, -0.25) is 14.4 Å². The zero-order chi connectivity index (χ0) is 21.7. The van der Waals surface area contributed by atoms with Crippen molar-refractivity contribution in [3.8, 4) is 5.75 Å². The van der Waals surface area contributed by atoms with Gasteiger partial charge in [0, 0.05) is 18.0 Å². The average Bonchev–Trinajstić information content (AvgIpc) is 3.10. The van der Waals surface area contributed by atoms with Crippen molar-refractivity contribution in [2.24, 2.45) is 5.92 Å². The van der Waals surface area contributed by atoms with Gasteiger partial charge in [-0.15, -0.1) is 0 Å². The predicted molar refractivity (Wildman–Crippen MR) is 114 cm³/mol. The zero-order valence-corrected chi connectivity index (χ0v) is 17.7. The molecule has 0 saturated carbocycles. The number of halogens is 2. The summed E-state index contributed by atoms with van der Waals surface area (Å²) in [5, 5.41) is 3.25. The van der Waals surface area contributed by atoms with Gasteiger partial charge in [0.2, 0.25) is 5.91 Å². The lowest BCUT2D eigenvalue weighted by molar-refractivity contribution is -0.151. The molecule has 1 heterocycles. The smallest absolute Gasteiger partial charge is 0.311 e. The van der Waals surface area contributed by atoms with Crippen LogP contribution in [0.3, 0.4) is 0 Å². The van der Waals surface area contributed by atoms with Crippen LogP contribution in [0.2, 0.25) is 10.0 Å². The molecule has 30 heavy (non-hydrogen) atoms. The molecule has 2 amide bonds. The third-order valence-electron chi connectivity index (χ3n) is 4.47. The Morgan fingerprint density at radius 1 is 1.20 bits per heavy atom. The standard InChI is InChI=1S/C21H20Cl2N2O5/c1-2-29-18-6-4-3-5-17(18)25-11-13(9-20(25)27)21(28)30-12-19(26)24-16-8-7-14(22)10-15(16)23/h3-8,10,13H,2,9,11-12H2,1H3,(H,24,26)/t13-/m0/s1. The fourth-order valence-corrected chi connectivity index (χ4v) is 3.54. The van der Waals surface area contributed by atoms with E-state index < -0.39 is 24.4 Å². The van der Waals surface area contributed by atoms with Crippen molar-refractivity contribution in [3.63, 3.8) is 0 Å². The number of esters is 1. The molecule has 0 unspecified atom stereocenters. The molecule has 1 aliphatic heterocycles. The quantitative estimate of drug-likeness (QED) is 0.645. The van der Waals surface area contributed by atoms with Crippen molar-refractivity contribution in [2.45, 2.75) is 13.3 Å². The lowest BCUT2D eigenvalue weighted by atomic mass is 10.1. The SMILES string of the molecule is CCOc1ccccc1N1C[C@@H](C(=O)OCC(=O)Nc2ccc(Cl)cc2Cl)CC1=O. The molecule has 0 aliphatic carbocycles. The number of carbonyl (C=O) groups is 3. The summed E-state index contributed by atoms with van der Waals surface area (Å²) < 4.78 is 10.7. The van der Waals surface area contributed by atoms with Crippen LogP contribution in [-0.4, -0.2) is 37.5 Å². The molecular weight excluding hydrogens is 431 g/mol. The monoisotopic (exact) mass is 450 g/mol. The number of para-hydroxylation sites is 2. The number of nitrogens with one attached hydrogen (secondary N) is 1. The highest BCUT2D eigenvalue weighted by molar-refractivity contribution is 6.36. The summed E-state index contributed by atoms with van der Waals surface area (Å²) >= 11 is 11.8. The van der Waals surface area contributed by atoms with E-state index in [1.165, 1.54) is 11.0 Å². The Morgan fingerprint density at radius 3 is 2.70 bits per heavy atom. The largest absolute Gasteiger partial charge is 0.492 e. The highest BCUT2D eigenvalue weighted by Crippen LogP contribution is 2.33. The predicted octanol–water partition coefficient (Wildman–Crippen LogP) is 3.93. The number of hydrogen-bond acceptors (Lipinski definition) is 5. The van der Waals surface area contributed by atoms with E-state index in [9.17, 15) is 14.4 Å². The van der Waals surface area contributed by atoms with Gasteiger partial charge in [-0.05, 0) is 37.3 Å². The molecule has 0 spiro atoms. The van der Waals surface area contributed by atoms with Gasteiger partial charge in [0.05, 0.1) is 28.9 Å². The van der Waals surface area contributed by atoms with Crippen molar-refractivity contribution in [3.05, 3.63) is 52.5 Å². The first-order chi connectivity index (χ1) is 14.4. The Balaban J connectivity index is 1.56. The topological polar surface area (TPSA) is 84.9 Å². The molecule has 2 aromatic carbocycles. The Labute approximate surface area is 183 Å². The first kappa shape index (κ1) is 21.9. The maximum Gasteiger partial charge on any atom is 0.311 e. The van der Waals surface area contributed by atoms with Gasteiger partial charge in [0.1, 0.15) is 5.75 Å². The van der Waals surface area contributed by atoms with Crippen LogP contribution in [0.1, 0.15) is 13.3 Å². The van der Waals surface area contributed by atoms with E-state index in [1.54, 1.807) is 30.3 Å². The molecule has 0 aromatic heterocycles. The molecule has 0 bridgehead atoms. The number of benzene rings is 2. The Bertz CT molecular complexity index is 966. The summed E-state index contributed by atoms with van der Waals surface area (Å²) in [6, 6.07) is 11.8. The maximum atomic E-state index is 12.4. The van der Waals surface area contributed by atoms with Crippen LogP contribution >= 0.6 is 23.2 Å². The van der Waals surface area contributed by atoms with E-state index in [2.05, 4.69) is 5.32 Å². The van der Waals surface area contributed by atoms with Gasteiger partial charge in [-0.25, -0.2) is 0 Å². The second kappa shape index (κ2) is 9.82. The minimum absolute atomic E-state index is 0.00389. The van der Waals surface area contributed by atoms with Gasteiger partial charge in [-0.2, -0.15) is 0 Å². The number of carbonyl (C=O) groups excluding carboxylic acids is 3. The van der Waals surface area contributed by atoms with Gasteiger partial charge in [0.15, 0.2) is 6.61 Å². The third-order valence-corrected chi connectivity index (χ3v) is 5.01. The van der Waals surface area contributed by atoms with Crippen LogP contribution in [0.4, 0.5) is 11.4 Å². The molecule has 158 valence electrons. The molecule has 1 saturated heterocycles. The van der Waals surface area contributed by atoms with Crippen LogP contribution in [0.15, 0.2) is 42.5 Å². The molecule has 1 N–H and O–H groups in total. The first-order valence-electron chi connectivity index (χ1n) is 9.32. The Kier molecular flexibility index (Phi) is 7.18. The summed E-state index contributed by atoms with van der Waals surface area (Å²) in [5.74, 6) is -1.46. The van der Waals surface area contributed by atoms with Crippen molar-refractivity contribution in [1.82, 2.24) is 0 Å². The van der Waals surface area contributed by atoms with Crippen LogP contribution in [0.25, 0.3) is 0 Å². The second-order valence-corrected chi connectivity index (χ2v) is 7.43. The molecule has 7 nitrogen and oxygen atoms in total. The lowest BCUT2D eigenvalue weighted by Crippen LogP contribution is -2.28. The van der Waals surface area contributed by atoms with Gasteiger partial charge in [-0.1, -0.05) is 35.3 Å². The summed E-state index contributed by atoms with van der Waals surface area (Å²) in [4.78, 5) is 38.4. The highest BCUT2D eigenvalue weighted by Gasteiger charge is 2.37. The summed E-state index contributed by atoms with van der Waals surface area (Å²) in [7, 11) is 0. The van der Waals surface area contributed by atoms with E-state index in [1.807, 2.05) is 13.0 Å². The average molecular weight is 451 g/mol. The number of hydrogen-bond donors (Lipinski definition) is 1. The fraction of sp³-hybridized carbons (Fsp3) is 0.286. The van der Waals surface area contributed by atoms with Gasteiger partial charge < -0.3 is 19.7 Å². The van der Waals surface area contributed by atoms with Crippen LogP contribution in [-0.2, 0) is 19.1 Å². The zero-order valence-electron chi connectivity index (χ0n) is 16.2. The number of anilines is 2. The van der Waals surface area contributed by atoms with Crippen molar-refractivity contribution in [1.29, 1.82) is 0 Å². The van der Waals surface area contributed by atoms with Crippen molar-refractivity contribution < 1.29 is 23.9 Å². The molecule has 2 aromatic rings. The third kappa shape index (κ3) is 5.23. The lowest BCUT2D eigenvalue weighted by Gasteiger charge is -2.20. The van der Waals surface area contributed by atoms with Crippen molar-refractivity contribution >= 4 is 52.4 Å². The normalized spacial score (nSPS) is 15.8. The molecule has 1 aliphatic rings. The number of nitrogens with zero attached hydrogens (tertiary/aromatic N) is 1. The van der Waals surface area contributed by atoms with E-state index in [4.69, 9.17) is 32.7 Å². The highest BCUT2D eigenvalue weighted by atomic mass is 35.5. The second-order valence-electron chi connectivity index (χ2n) is 6.59. The van der Waals surface area contributed by atoms with Crippen LogP contribution < -0.4 is 15.0 Å². The molecule has 0 radical (unpaired) electrons. The van der Waals surface area contributed by atoms with Crippen molar-refractivity contribution in [2.75, 3.05) is 30.0 Å². The Morgan fingerprint density at radius 2 is 1.97 bits per heavy atom. The maximum absolute atomic E-state index is 12.4. The van der Waals surface area contributed by atoms with Gasteiger partial charge in [0.25, 0.3) is 5.91 Å². The van der Waals surface area contributed by atoms with E-state index >= 15 is 0 Å². The van der Waals surface area contributed by atoms with Crippen LogP contribution in [0, 0.1) is 5.92 Å². The van der Waals surface area contributed by atoms with Gasteiger partial charge >= 0.3 is 5.97 Å². The summed E-state index contributed by atoms with van der Waals surface area (Å²) in [5.41, 5.74) is 0.964. The molecule has 9 heteroatoms. The van der Waals surface area contributed by atoms with E-state index in [0.717, 1.165) is 0 Å². The molecule has 3 rings (SSSR count). The minimum Gasteiger partial charge on any atom is -0.492 e. The number of amides is 2. The first-order valence-corrected chi connectivity index (χ1v) is 10.1. The summed E-state index contributed by atoms with van der Waals surface area (Å²) in [6.45, 7) is 1.98. The number of rotatable bonds is 7. The minimum atomic E-state index is -0.667. The molecule has 1 atom stereocenters. The molecule has 1 fully saturated rings. The number of ether oxygens (including phenoxy) is 2. The van der Waals surface area contributed by atoms with E-state index in [-0.39, 0.29) is 23.9 Å².